The van der Waals surface area contributed by atoms with E-state index in [1.165, 1.54) is 32.1 Å². The van der Waals surface area contributed by atoms with Gasteiger partial charge in [-0.3, -0.25) is 4.79 Å². The Labute approximate surface area is 201 Å². The van der Waals surface area contributed by atoms with Crippen molar-refractivity contribution < 1.29 is 14.4 Å². The predicted octanol–water partition coefficient (Wildman–Crippen LogP) is 5.12. The molecule has 3 aliphatic rings. The summed E-state index contributed by atoms with van der Waals surface area (Å²) in [6.45, 7) is 7.24. The second-order valence-corrected chi connectivity index (χ2v) is 10.1. The number of aromatic nitrogens is 3. The molecule has 1 N–H and O–H groups in total. The van der Waals surface area contributed by atoms with Gasteiger partial charge in [0, 0.05) is 24.6 Å². The fourth-order valence-corrected chi connectivity index (χ4v) is 5.95. The highest BCUT2D eigenvalue weighted by Crippen LogP contribution is 2.44. The van der Waals surface area contributed by atoms with Gasteiger partial charge in [-0.2, -0.15) is 5.10 Å². The van der Waals surface area contributed by atoms with Gasteiger partial charge >= 0.3 is 5.97 Å². The van der Waals surface area contributed by atoms with Gasteiger partial charge in [-0.15, -0.1) is 0 Å². The Morgan fingerprint density at radius 2 is 1.97 bits per heavy atom. The van der Waals surface area contributed by atoms with Gasteiger partial charge in [0.2, 0.25) is 0 Å². The van der Waals surface area contributed by atoms with E-state index >= 15 is 0 Å². The molecule has 0 aromatic carbocycles. The highest BCUT2D eigenvalue weighted by Gasteiger charge is 2.45. The zero-order chi connectivity index (χ0) is 23.7. The number of rotatable bonds is 6. The number of aryl methyl sites for hydroxylation is 2. The lowest BCUT2D eigenvalue weighted by molar-refractivity contribution is -0.151. The second kappa shape index (κ2) is 9.55. The molecule has 0 radical (unpaired) electrons. The number of esters is 1. The van der Waals surface area contributed by atoms with E-state index in [1.54, 1.807) is 0 Å². The van der Waals surface area contributed by atoms with E-state index < -0.39 is 0 Å². The van der Waals surface area contributed by atoms with Crippen molar-refractivity contribution in [3.63, 3.8) is 0 Å². The number of carbonyl (C=O) groups excluding carboxylic acids is 1. The third kappa shape index (κ3) is 4.27. The third-order valence-electron chi connectivity index (χ3n) is 7.86. The van der Waals surface area contributed by atoms with E-state index in [1.807, 2.05) is 17.8 Å². The van der Waals surface area contributed by atoms with Crippen molar-refractivity contribution in [2.45, 2.75) is 103 Å². The van der Waals surface area contributed by atoms with Crippen molar-refractivity contribution in [2.75, 3.05) is 11.9 Å². The first-order valence-electron chi connectivity index (χ1n) is 13.1. The van der Waals surface area contributed by atoms with Gasteiger partial charge in [0.15, 0.2) is 5.65 Å². The maximum absolute atomic E-state index is 12.2. The molecule has 3 heterocycles. The minimum Gasteiger partial charge on any atom is -0.466 e. The molecule has 1 aliphatic heterocycles. The zero-order valence-corrected chi connectivity index (χ0v) is 20.7. The van der Waals surface area contributed by atoms with Crippen LogP contribution in [0.2, 0.25) is 0 Å². The van der Waals surface area contributed by atoms with Crippen molar-refractivity contribution in [2.24, 2.45) is 11.1 Å². The maximum Gasteiger partial charge on any atom is 0.308 e. The number of nitrogens with one attached hydrogen (secondary N) is 1. The SMILES string of the molecule is CCOC(=O)C1CCC2(CC1)CC(c1c(C)nc3c(cnn3CC)c1NC1CCCCC1)=NO2. The van der Waals surface area contributed by atoms with Crippen LogP contribution in [0.3, 0.4) is 0 Å². The van der Waals surface area contributed by atoms with Crippen LogP contribution in [0.25, 0.3) is 11.0 Å². The van der Waals surface area contributed by atoms with Crippen molar-refractivity contribution >= 4 is 28.4 Å². The fraction of sp³-hybridized carbons (Fsp3) is 0.692. The molecule has 34 heavy (non-hydrogen) atoms. The Kier molecular flexibility index (Phi) is 6.49. The van der Waals surface area contributed by atoms with Gasteiger partial charge < -0.3 is 14.9 Å². The summed E-state index contributed by atoms with van der Waals surface area (Å²) in [6, 6.07) is 0.458. The van der Waals surface area contributed by atoms with Gasteiger partial charge in [-0.05, 0) is 59.3 Å². The monoisotopic (exact) mass is 467 g/mol. The van der Waals surface area contributed by atoms with Gasteiger partial charge in [-0.1, -0.05) is 24.4 Å². The normalized spacial score (nSPS) is 25.4. The first kappa shape index (κ1) is 23.1. The summed E-state index contributed by atoms with van der Waals surface area (Å²) >= 11 is 0. The van der Waals surface area contributed by atoms with Crippen LogP contribution in [-0.4, -0.2) is 44.7 Å². The number of nitrogens with zero attached hydrogens (tertiary/aromatic N) is 4. The largest absolute Gasteiger partial charge is 0.466 e. The summed E-state index contributed by atoms with van der Waals surface area (Å²) in [4.78, 5) is 23.3. The van der Waals surface area contributed by atoms with E-state index in [0.29, 0.717) is 12.6 Å². The zero-order valence-electron chi connectivity index (χ0n) is 20.7. The molecule has 0 saturated heterocycles. The van der Waals surface area contributed by atoms with Crippen LogP contribution in [0, 0.1) is 12.8 Å². The van der Waals surface area contributed by atoms with Crippen molar-refractivity contribution in [3.05, 3.63) is 17.5 Å². The molecule has 2 saturated carbocycles. The highest BCUT2D eigenvalue weighted by molar-refractivity contribution is 6.12. The Bertz CT molecular complexity index is 1080. The Balaban J connectivity index is 1.43. The van der Waals surface area contributed by atoms with Crippen molar-refractivity contribution in [1.82, 2.24) is 14.8 Å². The average molecular weight is 468 g/mol. The molecule has 0 amide bonds. The van der Waals surface area contributed by atoms with Gasteiger partial charge in [0.05, 0.1) is 41.2 Å². The second-order valence-electron chi connectivity index (χ2n) is 10.1. The minimum atomic E-state index is -0.324. The lowest BCUT2D eigenvalue weighted by Crippen LogP contribution is -2.37. The van der Waals surface area contributed by atoms with E-state index in [4.69, 9.17) is 14.6 Å². The van der Waals surface area contributed by atoms with E-state index in [0.717, 1.165) is 72.3 Å². The standard InChI is InChI=1S/C26H37N5O3/c1-4-31-24-20(16-27-31)23(29-19-9-7-6-8-10-19)22(17(3)28-24)21-15-26(34-30-21)13-11-18(12-14-26)25(32)33-5-2/h16,18-19H,4-15H2,1-3H3,(H,28,29). The molecule has 0 atom stereocenters. The van der Waals surface area contributed by atoms with Crippen LogP contribution in [0.4, 0.5) is 5.69 Å². The summed E-state index contributed by atoms with van der Waals surface area (Å²) in [7, 11) is 0. The Hall–Kier alpha value is -2.64. The number of fused-ring (bicyclic) bond motifs is 1. The molecule has 5 rings (SSSR count). The molecule has 8 heteroatoms. The van der Waals surface area contributed by atoms with Gasteiger partial charge in [0.25, 0.3) is 0 Å². The van der Waals surface area contributed by atoms with E-state index in [2.05, 4.69) is 29.4 Å². The number of pyridine rings is 1. The molecule has 2 aromatic heterocycles. The molecular weight excluding hydrogens is 430 g/mol. The smallest absolute Gasteiger partial charge is 0.308 e. The summed E-state index contributed by atoms with van der Waals surface area (Å²) in [5.41, 5.74) is 4.69. The molecule has 2 aromatic rings. The van der Waals surface area contributed by atoms with Crippen LogP contribution in [0.1, 0.15) is 89.3 Å². The van der Waals surface area contributed by atoms with E-state index in [9.17, 15) is 4.79 Å². The highest BCUT2D eigenvalue weighted by atomic mass is 16.7. The van der Waals surface area contributed by atoms with Gasteiger partial charge in [-0.25, -0.2) is 9.67 Å². The summed E-state index contributed by atoms with van der Waals surface area (Å²) in [6.07, 6.45) is 12.1. The number of carbonyl (C=O) groups is 1. The number of hydrogen-bond donors (Lipinski definition) is 1. The minimum absolute atomic E-state index is 0.0265. The fourth-order valence-electron chi connectivity index (χ4n) is 5.95. The average Bonchev–Trinajstić information content (AvgIpc) is 3.44. The third-order valence-corrected chi connectivity index (χ3v) is 7.86. The lowest BCUT2D eigenvalue weighted by Gasteiger charge is -2.34. The Morgan fingerprint density at radius 3 is 2.68 bits per heavy atom. The number of oxime groups is 1. The molecule has 2 aliphatic carbocycles. The lowest BCUT2D eigenvalue weighted by atomic mass is 9.76. The number of anilines is 1. The van der Waals surface area contributed by atoms with Crippen molar-refractivity contribution in [1.29, 1.82) is 0 Å². The number of ether oxygens (including phenoxy) is 1. The quantitative estimate of drug-likeness (QED) is 0.593. The maximum atomic E-state index is 12.2. The van der Waals surface area contributed by atoms with Crippen LogP contribution in [-0.2, 0) is 20.9 Å². The molecule has 0 unspecified atom stereocenters. The molecule has 1 spiro atoms. The first-order valence-corrected chi connectivity index (χ1v) is 13.1. The predicted molar refractivity (Wildman–Crippen MR) is 132 cm³/mol. The molecule has 0 bridgehead atoms. The summed E-state index contributed by atoms with van der Waals surface area (Å²) in [5.74, 6) is -0.102. The topological polar surface area (TPSA) is 90.6 Å². The Morgan fingerprint density at radius 1 is 1.21 bits per heavy atom. The molecule has 184 valence electrons. The summed E-state index contributed by atoms with van der Waals surface area (Å²) < 4.78 is 7.21. The molecule has 2 fully saturated rings. The van der Waals surface area contributed by atoms with E-state index in [-0.39, 0.29) is 17.5 Å². The summed E-state index contributed by atoms with van der Waals surface area (Å²) in [5, 5.41) is 14.2. The molecule has 8 nitrogen and oxygen atoms in total. The first-order chi connectivity index (χ1) is 16.5. The van der Waals surface area contributed by atoms with Crippen LogP contribution < -0.4 is 5.32 Å². The number of hydrogen-bond acceptors (Lipinski definition) is 7. The van der Waals surface area contributed by atoms with Gasteiger partial charge in [0.1, 0.15) is 5.60 Å². The van der Waals surface area contributed by atoms with Crippen LogP contribution >= 0.6 is 0 Å². The molecular formula is C26H37N5O3. The van der Waals surface area contributed by atoms with Crippen LogP contribution in [0.15, 0.2) is 11.4 Å². The van der Waals surface area contributed by atoms with Crippen LogP contribution in [0.5, 0.6) is 0 Å². The van der Waals surface area contributed by atoms with Crippen molar-refractivity contribution in [3.8, 4) is 0 Å².